The van der Waals surface area contributed by atoms with E-state index in [1.54, 1.807) is 16.6 Å². The van der Waals surface area contributed by atoms with Crippen LogP contribution in [0.15, 0.2) is 4.99 Å². The topological polar surface area (TPSA) is 28.5 Å². The molecule has 0 aliphatic heterocycles. The molecule has 0 spiro atoms. The van der Waals surface area contributed by atoms with Gasteiger partial charge in [-0.2, -0.15) is 0 Å². The number of rotatable bonds is 3. The van der Waals surface area contributed by atoms with E-state index >= 15 is 0 Å². The maximum absolute atomic E-state index is 4.88. The highest BCUT2D eigenvalue weighted by Gasteiger charge is 1.91. The summed E-state index contributed by atoms with van der Waals surface area (Å²) >= 11 is 4.88. The second-order valence-corrected chi connectivity index (χ2v) is 5.20. The quantitative estimate of drug-likeness (QED) is 0.441. The fourth-order valence-electron chi connectivity index (χ4n) is 0.538. The van der Waals surface area contributed by atoms with E-state index in [4.69, 9.17) is 12.2 Å². The Labute approximate surface area is 83.8 Å². The molecule has 66 valence electrons. The van der Waals surface area contributed by atoms with Gasteiger partial charge in [-0.05, 0) is 36.7 Å². The zero-order valence-corrected chi connectivity index (χ0v) is 9.30. The predicted octanol–water partition coefficient (Wildman–Crippen LogP) is 1.87. The molecule has 0 aliphatic carbocycles. The van der Waals surface area contributed by atoms with E-state index in [0.29, 0.717) is 10.6 Å². The van der Waals surface area contributed by atoms with E-state index in [0.717, 1.165) is 5.01 Å². The van der Waals surface area contributed by atoms with Crippen molar-refractivity contribution in [3.8, 4) is 0 Å². The molecule has 0 bridgehead atoms. The molecule has 0 amide bonds. The van der Waals surface area contributed by atoms with Crippen LogP contribution < -0.4 is 0 Å². The van der Waals surface area contributed by atoms with Gasteiger partial charge >= 0.3 is 0 Å². The summed E-state index contributed by atoms with van der Waals surface area (Å²) in [5, 5.41) is 0.895. The van der Waals surface area contributed by atoms with Crippen molar-refractivity contribution in [2.24, 2.45) is 4.99 Å². The maximum atomic E-state index is 4.88. The lowest BCUT2D eigenvalue weighted by molar-refractivity contribution is 0.425. The molecule has 0 aromatic carbocycles. The van der Waals surface area contributed by atoms with Gasteiger partial charge in [0.1, 0.15) is 5.01 Å². The average Bonchev–Trinajstić information content (AvgIpc) is 2.35. The third-order valence-electron chi connectivity index (χ3n) is 0.966. The second-order valence-electron chi connectivity index (χ2n) is 2.42. The molecule has 1 rings (SSSR count). The fourth-order valence-corrected chi connectivity index (χ4v) is 2.42. The molecular weight excluding hydrogens is 210 g/mol. The van der Waals surface area contributed by atoms with Crippen molar-refractivity contribution >= 4 is 39.1 Å². The molecule has 0 N–H and O–H groups in total. The van der Waals surface area contributed by atoms with E-state index in [1.807, 2.05) is 19.0 Å². The van der Waals surface area contributed by atoms with Gasteiger partial charge in [-0.3, -0.25) is 9.89 Å². The summed E-state index contributed by atoms with van der Waals surface area (Å²) in [5.41, 5.74) is 0. The molecule has 1 aromatic rings. The van der Waals surface area contributed by atoms with Crippen molar-refractivity contribution in [1.29, 1.82) is 0 Å². The monoisotopic (exact) mass is 219 g/mol. The fraction of sp³-hybridized carbons (Fsp3) is 0.500. The predicted molar refractivity (Wildman–Crippen MR) is 57.0 cm³/mol. The van der Waals surface area contributed by atoms with Gasteiger partial charge in [0.15, 0.2) is 3.95 Å². The summed E-state index contributed by atoms with van der Waals surface area (Å²) in [7, 11) is 7.01. The van der Waals surface area contributed by atoms with Gasteiger partial charge in [0.2, 0.25) is 0 Å². The molecule has 0 unspecified atom stereocenters. The van der Waals surface area contributed by atoms with Gasteiger partial charge in [0, 0.05) is 0 Å². The Morgan fingerprint density at radius 2 is 2.33 bits per heavy atom. The molecule has 0 saturated carbocycles. The van der Waals surface area contributed by atoms with Crippen LogP contribution in [0.25, 0.3) is 0 Å². The summed E-state index contributed by atoms with van der Waals surface area (Å²) in [6, 6.07) is 0. The van der Waals surface area contributed by atoms with Crippen LogP contribution in [0.1, 0.15) is 5.01 Å². The zero-order valence-electron chi connectivity index (χ0n) is 6.85. The molecule has 0 radical (unpaired) electrons. The van der Waals surface area contributed by atoms with Gasteiger partial charge in [0.05, 0.1) is 12.9 Å². The van der Waals surface area contributed by atoms with Gasteiger partial charge < -0.3 is 0 Å². The molecule has 0 saturated heterocycles. The average molecular weight is 219 g/mol. The van der Waals surface area contributed by atoms with Crippen LogP contribution in [0.2, 0.25) is 0 Å². The first-order valence-corrected chi connectivity index (χ1v) is 5.86. The number of aromatic nitrogens is 1. The minimum absolute atomic E-state index is 0.686. The molecular formula is C6H9N3S3. The van der Waals surface area contributed by atoms with E-state index in [1.165, 1.54) is 10.3 Å². The zero-order chi connectivity index (χ0) is 8.97. The summed E-state index contributed by atoms with van der Waals surface area (Å²) in [4.78, 5) is 10.2. The largest absolute Gasteiger partial charge is 0.291 e. The Hall–Kier alpha value is -0.170. The van der Waals surface area contributed by atoms with Gasteiger partial charge in [-0.25, -0.2) is 4.98 Å². The Kier molecular flexibility index (Phi) is 3.93. The van der Waals surface area contributed by atoms with E-state index in [9.17, 15) is 0 Å². The summed E-state index contributed by atoms with van der Waals surface area (Å²) in [5.74, 6) is 0. The van der Waals surface area contributed by atoms with Crippen LogP contribution in [0.3, 0.4) is 0 Å². The smallest absolute Gasteiger partial charge is 0.191 e. The number of hydrogen-bond acceptors (Lipinski definition) is 6. The van der Waals surface area contributed by atoms with E-state index in [-0.39, 0.29) is 0 Å². The first-order chi connectivity index (χ1) is 5.68. The molecule has 1 heterocycles. The molecule has 0 aliphatic rings. The summed E-state index contributed by atoms with van der Waals surface area (Å²) in [6.07, 6.45) is 1.76. The molecule has 0 fully saturated rings. The van der Waals surface area contributed by atoms with Crippen LogP contribution in [0.5, 0.6) is 0 Å². The first kappa shape index (κ1) is 9.91. The van der Waals surface area contributed by atoms with E-state index < -0.39 is 0 Å². The number of aliphatic imine (C=N–C) groups is 1. The highest BCUT2D eigenvalue weighted by atomic mass is 32.9. The number of hydrogen-bond donors (Lipinski definition) is 0. The van der Waals surface area contributed by atoms with Crippen LogP contribution in [-0.4, -0.2) is 36.9 Å². The minimum Gasteiger partial charge on any atom is -0.291 e. The Balaban J connectivity index is 2.52. The van der Waals surface area contributed by atoms with Crippen molar-refractivity contribution < 1.29 is 0 Å². The van der Waals surface area contributed by atoms with Crippen LogP contribution in [-0.2, 0) is 0 Å². The van der Waals surface area contributed by atoms with Crippen molar-refractivity contribution in [3.63, 3.8) is 0 Å². The summed E-state index contributed by atoms with van der Waals surface area (Å²) < 4.78 is 0.686. The van der Waals surface area contributed by atoms with Crippen LogP contribution in [0, 0.1) is 3.95 Å². The third-order valence-corrected chi connectivity index (χ3v) is 3.54. The Morgan fingerprint density at radius 1 is 1.58 bits per heavy atom. The molecule has 3 nitrogen and oxygen atoms in total. The third kappa shape index (κ3) is 3.48. The van der Waals surface area contributed by atoms with Gasteiger partial charge in [-0.15, -0.1) is 0 Å². The van der Waals surface area contributed by atoms with Crippen LogP contribution >= 0.6 is 32.9 Å². The Bertz CT molecular complexity index is 312. The normalized spacial score (nSPS) is 11.6. The second kappa shape index (κ2) is 4.76. The SMILES string of the molecule is CN(C)CN=Cc1nc(=S)ss1. The van der Waals surface area contributed by atoms with Gasteiger partial charge in [-0.1, -0.05) is 10.3 Å². The van der Waals surface area contributed by atoms with Crippen LogP contribution in [0.4, 0.5) is 0 Å². The lowest BCUT2D eigenvalue weighted by Gasteiger charge is -2.01. The lowest BCUT2D eigenvalue weighted by atomic mass is 10.7. The molecule has 1 aromatic heterocycles. The van der Waals surface area contributed by atoms with Crippen molar-refractivity contribution in [3.05, 3.63) is 8.96 Å². The van der Waals surface area contributed by atoms with Crippen molar-refractivity contribution in [2.45, 2.75) is 0 Å². The van der Waals surface area contributed by atoms with Crippen molar-refractivity contribution in [2.75, 3.05) is 20.8 Å². The minimum atomic E-state index is 0.686. The lowest BCUT2D eigenvalue weighted by Crippen LogP contribution is -2.10. The Morgan fingerprint density at radius 3 is 2.83 bits per heavy atom. The highest BCUT2D eigenvalue weighted by molar-refractivity contribution is 7.79. The standard InChI is InChI=1S/C6H9N3S3/c1-9(2)4-7-3-5-8-6(10)12-11-5/h3H,4H2,1-2H3. The van der Waals surface area contributed by atoms with E-state index in [2.05, 4.69) is 9.98 Å². The highest BCUT2D eigenvalue weighted by Crippen LogP contribution is 2.10. The number of nitrogens with zero attached hydrogens (tertiary/aromatic N) is 3. The maximum Gasteiger partial charge on any atom is 0.191 e. The molecule has 0 atom stereocenters. The summed E-state index contributed by atoms with van der Waals surface area (Å²) in [6.45, 7) is 0.691. The van der Waals surface area contributed by atoms with Crippen molar-refractivity contribution in [1.82, 2.24) is 9.88 Å². The van der Waals surface area contributed by atoms with Gasteiger partial charge in [0.25, 0.3) is 0 Å². The molecule has 12 heavy (non-hydrogen) atoms. The first-order valence-electron chi connectivity index (χ1n) is 3.30. The molecule has 6 heteroatoms.